The number of carbonyl (C=O) groups is 1. The first-order valence-corrected chi connectivity index (χ1v) is 4.88. The van der Waals surface area contributed by atoms with Crippen molar-refractivity contribution >= 4 is 27.5 Å². The fourth-order valence-corrected chi connectivity index (χ4v) is 1.34. The summed E-state index contributed by atoms with van der Waals surface area (Å²) in [5.74, 6) is -0.323. The van der Waals surface area contributed by atoms with E-state index in [2.05, 4.69) is 35.9 Å². The zero-order valence-corrected chi connectivity index (χ0v) is 9.06. The van der Waals surface area contributed by atoms with Crippen LogP contribution in [-0.4, -0.2) is 16.0 Å². The molecule has 0 spiro atoms. The van der Waals surface area contributed by atoms with Crippen LogP contribution in [0.4, 0.5) is 5.69 Å². The number of hydrogen-bond acceptors (Lipinski definition) is 4. The number of anilines is 1. The van der Waals surface area contributed by atoms with Crippen LogP contribution < -0.4 is 5.32 Å². The van der Waals surface area contributed by atoms with Gasteiger partial charge in [-0.05, 0) is 22.0 Å². The van der Waals surface area contributed by atoms with Crippen molar-refractivity contribution in [2.45, 2.75) is 0 Å². The van der Waals surface area contributed by atoms with Crippen molar-refractivity contribution in [1.82, 2.24) is 10.1 Å². The number of amides is 1. The lowest BCUT2D eigenvalue weighted by molar-refractivity contribution is 0.101. The Kier molecular flexibility index (Phi) is 2.77. The van der Waals surface area contributed by atoms with Gasteiger partial charge in [-0.15, -0.1) is 0 Å². The lowest BCUT2D eigenvalue weighted by Gasteiger charge is -2.03. The lowest BCUT2D eigenvalue weighted by atomic mass is 10.3. The quantitative estimate of drug-likeness (QED) is 0.905. The second-order valence-electron chi connectivity index (χ2n) is 2.69. The van der Waals surface area contributed by atoms with E-state index in [9.17, 15) is 4.79 Å². The van der Waals surface area contributed by atoms with E-state index in [0.717, 1.165) is 0 Å². The van der Waals surface area contributed by atoms with E-state index in [1.807, 2.05) is 0 Å². The molecule has 0 saturated heterocycles. The Bertz CT molecular complexity index is 470. The maximum Gasteiger partial charge on any atom is 0.277 e. The highest BCUT2D eigenvalue weighted by atomic mass is 79.9. The SMILES string of the molecule is O=C(Nc1ccncc1Br)c1ccon1. The molecular weight excluding hydrogens is 262 g/mol. The van der Waals surface area contributed by atoms with Crippen LogP contribution in [0.1, 0.15) is 10.5 Å². The fraction of sp³-hybridized carbons (Fsp3) is 0. The summed E-state index contributed by atoms with van der Waals surface area (Å²) in [6, 6.07) is 3.17. The van der Waals surface area contributed by atoms with Crippen molar-refractivity contribution in [3.8, 4) is 0 Å². The molecule has 2 aromatic rings. The molecule has 0 atom stereocenters. The van der Waals surface area contributed by atoms with Crippen molar-refractivity contribution in [3.63, 3.8) is 0 Å². The van der Waals surface area contributed by atoms with Crippen molar-refractivity contribution in [1.29, 1.82) is 0 Å². The van der Waals surface area contributed by atoms with Crippen LogP contribution >= 0.6 is 15.9 Å². The van der Waals surface area contributed by atoms with Crippen molar-refractivity contribution < 1.29 is 9.32 Å². The summed E-state index contributed by atoms with van der Waals surface area (Å²) in [5.41, 5.74) is 0.872. The van der Waals surface area contributed by atoms with E-state index in [1.165, 1.54) is 12.3 Å². The number of aromatic nitrogens is 2. The molecule has 0 unspecified atom stereocenters. The molecule has 0 saturated carbocycles. The third kappa shape index (κ3) is 2.21. The molecule has 0 bridgehead atoms. The molecule has 76 valence electrons. The molecule has 0 aromatic carbocycles. The van der Waals surface area contributed by atoms with Gasteiger partial charge in [0.15, 0.2) is 5.69 Å². The first-order valence-electron chi connectivity index (χ1n) is 4.08. The van der Waals surface area contributed by atoms with Crippen LogP contribution in [0.25, 0.3) is 0 Å². The van der Waals surface area contributed by atoms with Gasteiger partial charge in [0.2, 0.25) is 0 Å². The number of halogens is 1. The van der Waals surface area contributed by atoms with E-state index in [1.54, 1.807) is 18.5 Å². The Hall–Kier alpha value is -1.69. The van der Waals surface area contributed by atoms with Gasteiger partial charge in [0.05, 0.1) is 10.2 Å². The van der Waals surface area contributed by atoms with E-state index in [-0.39, 0.29) is 11.6 Å². The number of hydrogen-bond donors (Lipinski definition) is 1. The first-order chi connectivity index (χ1) is 7.27. The summed E-state index contributed by atoms with van der Waals surface area (Å²) in [6.07, 6.45) is 4.53. The number of nitrogens with one attached hydrogen (secondary N) is 1. The van der Waals surface area contributed by atoms with Crippen LogP contribution in [0, 0.1) is 0 Å². The van der Waals surface area contributed by atoms with Gasteiger partial charge in [-0.25, -0.2) is 0 Å². The zero-order chi connectivity index (χ0) is 10.7. The predicted molar refractivity (Wildman–Crippen MR) is 56.4 cm³/mol. The van der Waals surface area contributed by atoms with Gasteiger partial charge in [-0.2, -0.15) is 0 Å². The molecule has 0 aliphatic heterocycles. The van der Waals surface area contributed by atoms with Crippen LogP contribution in [0.2, 0.25) is 0 Å². The van der Waals surface area contributed by atoms with Gasteiger partial charge in [0.1, 0.15) is 6.26 Å². The van der Waals surface area contributed by atoms with Gasteiger partial charge in [0.25, 0.3) is 5.91 Å². The van der Waals surface area contributed by atoms with Gasteiger partial charge < -0.3 is 9.84 Å². The van der Waals surface area contributed by atoms with E-state index >= 15 is 0 Å². The number of nitrogens with zero attached hydrogens (tertiary/aromatic N) is 2. The third-order valence-electron chi connectivity index (χ3n) is 1.69. The molecule has 6 heteroatoms. The Morgan fingerprint density at radius 2 is 2.33 bits per heavy atom. The number of rotatable bonds is 2. The lowest BCUT2D eigenvalue weighted by Crippen LogP contribution is -2.12. The summed E-state index contributed by atoms with van der Waals surface area (Å²) in [7, 11) is 0. The summed E-state index contributed by atoms with van der Waals surface area (Å²) in [6.45, 7) is 0. The van der Waals surface area contributed by atoms with E-state index < -0.39 is 0 Å². The molecule has 0 radical (unpaired) electrons. The molecule has 2 aromatic heterocycles. The smallest absolute Gasteiger partial charge is 0.277 e. The normalized spacial score (nSPS) is 9.93. The minimum atomic E-state index is -0.323. The molecule has 1 amide bonds. The number of pyridine rings is 1. The molecule has 5 nitrogen and oxygen atoms in total. The number of carbonyl (C=O) groups excluding carboxylic acids is 1. The third-order valence-corrected chi connectivity index (χ3v) is 2.32. The second kappa shape index (κ2) is 4.22. The molecule has 0 aliphatic carbocycles. The van der Waals surface area contributed by atoms with Crippen LogP contribution in [-0.2, 0) is 0 Å². The van der Waals surface area contributed by atoms with Gasteiger partial charge in [-0.3, -0.25) is 9.78 Å². The van der Waals surface area contributed by atoms with Crippen LogP contribution in [0.3, 0.4) is 0 Å². The summed E-state index contributed by atoms with van der Waals surface area (Å²) < 4.78 is 5.28. The van der Waals surface area contributed by atoms with Crippen molar-refractivity contribution in [3.05, 3.63) is 41.0 Å². The topological polar surface area (TPSA) is 68.0 Å². The molecular formula is C9H6BrN3O2. The fourth-order valence-electron chi connectivity index (χ4n) is 0.993. The molecule has 2 heterocycles. The second-order valence-corrected chi connectivity index (χ2v) is 3.55. The molecule has 0 fully saturated rings. The molecule has 1 N–H and O–H groups in total. The summed E-state index contributed by atoms with van der Waals surface area (Å²) in [4.78, 5) is 15.4. The summed E-state index contributed by atoms with van der Waals surface area (Å²) in [5, 5.41) is 6.19. The van der Waals surface area contributed by atoms with Crippen molar-refractivity contribution in [2.75, 3.05) is 5.32 Å². The Balaban J connectivity index is 2.17. The molecule has 2 rings (SSSR count). The van der Waals surface area contributed by atoms with Gasteiger partial charge >= 0.3 is 0 Å². The highest BCUT2D eigenvalue weighted by Crippen LogP contribution is 2.20. The van der Waals surface area contributed by atoms with Crippen LogP contribution in [0.15, 0.2) is 39.8 Å². The maximum atomic E-state index is 11.6. The summed E-state index contributed by atoms with van der Waals surface area (Å²) >= 11 is 3.27. The van der Waals surface area contributed by atoms with Gasteiger partial charge in [0, 0.05) is 18.5 Å². The van der Waals surface area contributed by atoms with Crippen molar-refractivity contribution in [2.24, 2.45) is 0 Å². The standard InChI is InChI=1S/C9H6BrN3O2/c10-6-5-11-3-1-7(6)12-9(14)8-2-4-15-13-8/h1-5H,(H,11,12,14). The largest absolute Gasteiger partial charge is 0.364 e. The van der Waals surface area contributed by atoms with Crippen LogP contribution in [0.5, 0.6) is 0 Å². The average Bonchev–Trinajstić information content (AvgIpc) is 2.74. The molecule has 15 heavy (non-hydrogen) atoms. The predicted octanol–water partition coefficient (Wildman–Crippen LogP) is 2.08. The van der Waals surface area contributed by atoms with E-state index in [0.29, 0.717) is 10.2 Å². The minimum absolute atomic E-state index is 0.235. The maximum absolute atomic E-state index is 11.6. The first kappa shape index (κ1) is 9.85. The average molecular weight is 268 g/mol. The Labute approximate surface area is 93.6 Å². The Morgan fingerprint density at radius 1 is 1.47 bits per heavy atom. The Morgan fingerprint density at radius 3 is 3.00 bits per heavy atom. The monoisotopic (exact) mass is 267 g/mol. The van der Waals surface area contributed by atoms with E-state index in [4.69, 9.17) is 0 Å². The minimum Gasteiger partial charge on any atom is -0.364 e. The van der Waals surface area contributed by atoms with Gasteiger partial charge in [-0.1, -0.05) is 5.16 Å². The highest BCUT2D eigenvalue weighted by molar-refractivity contribution is 9.10. The zero-order valence-electron chi connectivity index (χ0n) is 7.48. The molecule has 0 aliphatic rings. The highest BCUT2D eigenvalue weighted by Gasteiger charge is 2.10.